The molecule has 5 nitrogen and oxygen atoms in total. The summed E-state index contributed by atoms with van der Waals surface area (Å²) >= 11 is 1.29. The minimum absolute atomic E-state index is 0.0798. The summed E-state index contributed by atoms with van der Waals surface area (Å²) < 4.78 is 1.60. The molecule has 0 aliphatic carbocycles. The fourth-order valence-corrected chi connectivity index (χ4v) is 4.39. The number of benzene rings is 3. The van der Waals surface area contributed by atoms with Crippen LogP contribution in [0.5, 0.6) is 0 Å². The SMILES string of the molecule is Cc1ccc(-n2c(SC(C)C(=O)NCCc3ccccc3)nc3ccccc3c2=O)cc1. The molecule has 1 aromatic heterocycles. The van der Waals surface area contributed by atoms with E-state index in [0.29, 0.717) is 22.6 Å². The number of carbonyl (C=O) groups is 1. The Kier molecular flexibility index (Phi) is 6.71. The smallest absolute Gasteiger partial charge is 0.266 e. The van der Waals surface area contributed by atoms with E-state index in [9.17, 15) is 9.59 Å². The van der Waals surface area contributed by atoms with Crippen LogP contribution in [-0.2, 0) is 11.2 Å². The van der Waals surface area contributed by atoms with Crippen molar-refractivity contribution in [1.82, 2.24) is 14.9 Å². The lowest BCUT2D eigenvalue weighted by molar-refractivity contribution is -0.120. The van der Waals surface area contributed by atoms with Crippen molar-refractivity contribution < 1.29 is 4.79 Å². The number of fused-ring (bicyclic) bond motifs is 1. The number of aryl methyl sites for hydroxylation is 1. The molecule has 0 aliphatic rings. The molecule has 1 atom stereocenters. The zero-order valence-electron chi connectivity index (χ0n) is 18.1. The number of nitrogens with zero attached hydrogens (tertiary/aromatic N) is 2. The fourth-order valence-electron chi connectivity index (χ4n) is 3.44. The Morgan fingerprint density at radius 2 is 1.69 bits per heavy atom. The maximum atomic E-state index is 13.3. The lowest BCUT2D eigenvalue weighted by atomic mass is 10.1. The van der Waals surface area contributed by atoms with Crippen LogP contribution in [0, 0.1) is 6.92 Å². The first kappa shape index (κ1) is 21.8. The molecule has 0 spiro atoms. The van der Waals surface area contributed by atoms with E-state index < -0.39 is 5.25 Å². The maximum Gasteiger partial charge on any atom is 0.266 e. The Morgan fingerprint density at radius 1 is 1.00 bits per heavy atom. The third-order valence-corrected chi connectivity index (χ3v) is 6.30. The van der Waals surface area contributed by atoms with Crippen LogP contribution in [0.2, 0.25) is 0 Å². The minimum atomic E-state index is -0.407. The van der Waals surface area contributed by atoms with Gasteiger partial charge in [0.1, 0.15) is 0 Å². The highest BCUT2D eigenvalue weighted by atomic mass is 32.2. The first-order valence-electron chi connectivity index (χ1n) is 10.6. The third-order valence-electron chi connectivity index (χ3n) is 5.24. The zero-order valence-corrected chi connectivity index (χ0v) is 18.9. The third kappa shape index (κ3) is 4.92. The molecule has 0 saturated carbocycles. The highest BCUT2D eigenvalue weighted by Crippen LogP contribution is 2.25. The Labute approximate surface area is 191 Å². The lowest BCUT2D eigenvalue weighted by Gasteiger charge is -2.16. The molecule has 4 rings (SSSR count). The van der Waals surface area contributed by atoms with E-state index in [4.69, 9.17) is 4.98 Å². The number of thioether (sulfide) groups is 1. The topological polar surface area (TPSA) is 64.0 Å². The van der Waals surface area contributed by atoms with E-state index in [1.807, 2.05) is 86.6 Å². The lowest BCUT2D eigenvalue weighted by Crippen LogP contribution is -2.33. The van der Waals surface area contributed by atoms with Crippen LogP contribution in [0.3, 0.4) is 0 Å². The quantitative estimate of drug-likeness (QED) is 0.337. The summed E-state index contributed by atoms with van der Waals surface area (Å²) in [5.74, 6) is -0.0798. The molecule has 0 bridgehead atoms. The molecule has 0 aliphatic heterocycles. The van der Waals surface area contributed by atoms with Gasteiger partial charge in [-0.05, 0) is 50.1 Å². The molecular weight excluding hydrogens is 418 g/mol. The molecule has 32 heavy (non-hydrogen) atoms. The molecule has 1 unspecified atom stereocenters. The predicted molar refractivity (Wildman–Crippen MR) is 131 cm³/mol. The van der Waals surface area contributed by atoms with Crippen LogP contribution in [0.25, 0.3) is 16.6 Å². The summed E-state index contributed by atoms with van der Waals surface area (Å²) in [6.45, 7) is 4.40. The number of para-hydroxylation sites is 1. The second-order valence-corrected chi connectivity index (χ2v) is 8.98. The first-order chi connectivity index (χ1) is 15.5. The predicted octanol–water partition coefficient (Wildman–Crippen LogP) is 4.53. The van der Waals surface area contributed by atoms with E-state index in [-0.39, 0.29) is 11.5 Å². The Hall–Kier alpha value is -3.38. The number of carbonyl (C=O) groups excluding carboxylic acids is 1. The summed E-state index contributed by atoms with van der Waals surface area (Å²) in [5, 5.41) is 3.64. The van der Waals surface area contributed by atoms with Crippen molar-refractivity contribution in [3.8, 4) is 5.69 Å². The van der Waals surface area contributed by atoms with E-state index in [2.05, 4.69) is 5.32 Å². The minimum Gasteiger partial charge on any atom is -0.355 e. The second kappa shape index (κ2) is 9.83. The average Bonchev–Trinajstić information content (AvgIpc) is 2.81. The average molecular weight is 444 g/mol. The van der Waals surface area contributed by atoms with Gasteiger partial charge in [-0.3, -0.25) is 14.2 Å². The van der Waals surface area contributed by atoms with Crippen LogP contribution < -0.4 is 10.9 Å². The molecule has 0 radical (unpaired) electrons. The number of hydrogen-bond donors (Lipinski definition) is 1. The highest BCUT2D eigenvalue weighted by molar-refractivity contribution is 8.00. The molecular formula is C26H25N3O2S. The number of amides is 1. The van der Waals surface area contributed by atoms with Gasteiger partial charge in [0, 0.05) is 6.54 Å². The maximum absolute atomic E-state index is 13.3. The van der Waals surface area contributed by atoms with Crippen LogP contribution in [0.15, 0.2) is 88.8 Å². The van der Waals surface area contributed by atoms with Crippen LogP contribution in [0.1, 0.15) is 18.1 Å². The molecule has 0 fully saturated rings. The summed E-state index contributed by atoms with van der Waals surface area (Å²) in [7, 11) is 0. The van der Waals surface area contributed by atoms with Gasteiger partial charge in [-0.2, -0.15) is 0 Å². The van der Waals surface area contributed by atoms with Crippen LogP contribution in [-0.4, -0.2) is 27.3 Å². The van der Waals surface area contributed by atoms with Gasteiger partial charge >= 0.3 is 0 Å². The molecule has 4 aromatic rings. The van der Waals surface area contributed by atoms with Gasteiger partial charge in [-0.15, -0.1) is 0 Å². The van der Waals surface area contributed by atoms with Crippen molar-refractivity contribution in [3.63, 3.8) is 0 Å². The van der Waals surface area contributed by atoms with Gasteiger partial charge in [-0.1, -0.05) is 71.9 Å². The fraction of sp³-hybridized carbons (Fsp3) is 0.192. The van der Waals surface area contributed by atoms with E-state index in [1.165, 1.54) is 17.3 Å². The van der Waals surface area contributed by atoms with Crippen LogP contribution >= 0.6 is 11.8 Å². The van der Waals surface area contributed by atoms with Gasteiger partial charge in [0.05, 0.1) is 21.8 Å². The zero-order chi connectivity index (χ0) is 22.5. The Morgan fingerprint density at radius 3 is 2.44 bits per heavy atom. The van der Waals surface area contributed by atoms with Crippen molar-refractivity contribution in [1.29, 1.82) is 0 Å². The molecule has 1 amide bonds. The largest absolute Gasteiger partial charge is 0.355 e. The Bertz CT molecular complexity index is 1280. The van der Waals surface area contributed by atoms with Crippen LogP contribution in [0.4, 0.5) is 0 Å². The van der Waals surface area contributed by atoms with Crippen molar-refractivity contribution in [2.75, 3.05) is 6.54 Å². The molecule has 162 valence electrons. The van der Waals surface area contributed by atoms with Gasteiger partial charge in [0.2, 0.25) is 5.91 Å². The molecule has 1 N–H and O–H groups in total. The summed E-state index contributed by atoms with van der Waals surface area (Å²) in [6.07, 6.45) is 0.770. The number of rotatable bonds is 7. The molecule has 0 saturated heterocycles. The first-order valence-corrected chi connectivity index (χ1v) is 11.5. The van der Waals surface area contributed by atoms with Gasteiger partial charge in [-0.25, -0.2) is 4.98 Å². The number of nitrogens with one attached hydrogen (secondary N) is 1. The van der Waals surface area contributed by atoms with E-state index in [0.717, 1.165) is 17.7 Å². The van der Waals surface area contributed by atoms with Crippen molar-refractivity contribution in [3.05, 3.63) is 100 Å². The number of hydrogen-bond acceptors (Lipinski definition) is 4. The van der Waals surface area contributed by atoms with Crippen molar-refractivity contribution in [2.24, 2.45) is 0 Å². The normalized spacial score (nSPS) is 11.9. The number of aromatic nitrogens is 2. The summed E-state index contributed by atoms with van der Waals surface area (Å²) in [5.41, 5.74) is 3.50. The molecule has 6 heteroatoms. The standard InChI is InChI=1S/C26H25N3O2S/c1-18-12-14-21(15-13-18)29-25(31)22-10-6-7-11-23(22)28-26(29)32-19(2)24(30)27-17-16-20-8-4-3-5-9-20/h3-15,19H,16-17H2,1-2H3,(H,27,30). The summed E-state index contributed by atoms with van der Waals surface area (Å²) in [6, 6.07) is 25.1. The van der Waals surface area contributed by atoms with Gasteiger partial charge in [0.15, 0.2) is 5.16 Å². The Balaban J connectivity index is 1.58. The second-order valence-electron chi connectivity index (χ2n) is 7.67. The van der Waals surface area contributed by atoms with E-state index in [1.54, 1.807) is 10.6 Å². The summed E-state index contributed by atoms with van der Waals surface area (Å²) in [4.78, 5) is 30.8. The van der Waals surface area contributed by atoms with E-state index >= 15 is 0 Å². The van der Waals surface area contributed by atoms with Gasteiger partial charge < -0.3 is 5.32 Å². The van der Waals surface area contributed by atoms with Crippen molar-refractivity contribution >= 4 is 28.6 Å². The van der Waals surface area contributed by atoms with Gasteiger partial charge in [0.25, 0.3) is 5.56 Å². The molecule has 3 aromatic carbocycles. The highest BCUT2D eigenvalue weighted by Gasteiger charge is 2.20. The van der Waals surface area contributed by atoms with Crippen molar-refractivity contribution in [2.45, 2.75) is 30.7 Å². The monoisotopic (exact) mass is 443 g/mol. The molecule has 1 heterocycles.